The molecular weight excluding hydrogens is 537 g/mol. The third kappa shape index (κ3) is 5.40. The van der Waals surface area contributed by atoms with Crippen molar-refractivity contribution in [1.29, 1.82) is 0 Å². The van der Waals surface area contributed by atoms with E-state index < -0.39 is 59.3 Å². The molecule has 1 heterocycles. The van der Waals surface area contributed by atoms with Crippen LogP contribution >= 0.6 is 0 Å². The lowest BCUT2D eigenvalue weighted by Crippen LogP contribution is -2.44. The van der Waals surface area contributed by atoms with Gasteiger partial charge in [-0.1, -0.05) is 48.5 Å². The molecule has 0 aliphatic rings. The van der Waals surface area contributed by atoms with Crippen molar-refractivity contribution in [3.63, 3.8) is 0 Å². The summed E-state index contributed by atoms with van der Waals surface area (Å²) in [5.41, 5.74) is -2.93. The van der Waals surface area contributed by atoms with E-state index in [0.717, 1.165) is 16.7 Å². The van der Waals surface area contributed by atoms with E-state index in [1.54, 1.807) is 35.8 Å². The van der Waals surface area contributed by atoms with Crippen molar-refractivity contribution in [1.82, 2.24) is 14.6 Å². The van der Waals surface area contributed by atoms with Gasteiger partial charge in [-0.2, -0.15) is 13.2 Å². The number of benzene rings is 3. The molecule has 0 saturated heterocycles. The number of ether oxygens (including phenoxy) is 1. The van der Waals surface area contributed by atoms with Crippen LogP contribution in [-0.2, 0) is 19.3 Å². The molecule has 0 saturated carbocycles. The van der Waals surface area contributed by atoms with Gasteiger partial charge in [-0.3, -0.25) is 13.9 Å². The van der Waals surface area contributed by atoms with Gasteiger partial charge in [0, 0.05) is 29.4 Å². The first-order valence-corrected chi connectivity index (χ1v) is 11.9. The maximum absolute atomic E-state index is 15.4. The van der Waals surface area contributed by atoms with Gasteiger partial charge in [-0.25, -0.2) is 13.6 Å². The average Bonchev–Trinajstić information content (AvgIpc) is 2.92. The van der Waals surface area contributed by atoms with Gasteiger partial charge in [0.2, 0.25) is 0 Å². The van der Waals surface area contributed by atoms with E-state index in [1.165, 1.54) is 32.2 Å². The number of nitrogens with zero attached hydrogens (tertiary/aromatic N) is 2. The highest BCUT2D eigenvalue weighted by atomic mass is 19.4. The quantitative estimate of drug-likeness (QED) is 0.237. The highest BCUT2D eigenvalue weighted by Crippen LogP contribution is 2.34. The highest BCUT2D eigenvalue weighted by molar-refractivity contribution is 5.67. The van der Waals surface area contributed by atoms with Crippen LogP contribution in [0.3, 0.4) is 0 Å². The smallest absolute Gasteiger partial charge is 0.416 e. The summed E-state index contributed by atoms with van der Waals surface area (Å²) in [6.07, 6.45) is -4.95. The molecule has 1 aromatic heterocycles. The molecule has 0 aliphatic heterocycles. The Kier molecular flexibility index (Phi) is 8.21. The van der Waals surface area contributed by atoms with Crippen molar-refractivity contribution in [2.24, 2.45) is 0 Å². The van der Waals surface area contributed by atoms with Crippen LogP contribution < -0.4 is 21.5 Å². The predicted molar refractivity (Wildman–Crippen MR) is 138 cm³/mol. The van der Waals surface area contributed by atoms with Crippen LogP contribution in [0.1, 0.15) is 28.4 Å². The Morgan fingerprint density at radius 2 is 1.62 bits per heavy atom. The van der Waals surface area contributed by atoms with Crippen molar-refractivity contribution in [3.05, 3.63) is 127 Å². The van der Waals surface area contributed by atoms with Crippen molar-refractivity contribution in [2.45, 2.75) is 32.2 Å². The molecule has 3 aromatic carbocycles. The number of methoxy groups -OCH3 is 1. The molecule has 0 aliphatic carbocycles. The highest BCUT2D eigenvalue weighted by Gasteiger charge is 2.35. The molecular formula is C28H23F5N3O4-. The number of alkyl halides is 3. The number of nitrogens with one attached hydrogen (secondary N) is 1. The Morgan fingerprint density at radius 1 is 0.950 bits per heavy atom. The first kappa shape index (κ1) is 28.7. The van der Waals surface area contributed by atoms with Crippen molar-refractivity contribution in [2.75, 3.05) is 7.11 Å². The molecule has 0 spiro atoms. The summed E-state index contributed by atoms with van der Waals surface area (Å²) in [5, 5.41) is 11.9. The number of rotatable bonds is 8. The van der Waals surface area contributed by atoms with Gasteiger partial charge >= 0.3 is 11.9 Å². The lowest BCUT2D eigenvalue weighted by molar-refractivity contribution is -0.138. The first-order valence-electron chi connectivity index (χ1n) is 11.9. The maximum atomic E-state index is 15.4. The number of hydroxylamine groups is 1. The second kappa shape index (κ2) is 11.4. The van der Waals surface area contributed by atoms with Crippen molar-refractivity contribution in [3.8, 4) is 16.9 Å². The van der Waals surface area contributed by atoms with Gasteiger partial charge in [-0.05, 0) is 30.7 Å². The van der Waals surface area contributed by atoms with E-state index in [1.807, 2.05) is 0 Å². The number of aromatic nitrogens is 2. The van der Waals surface area contributed by atoms with Crippen molar-refractivity contribution < 1.29 is 26.7 Å². The molecule has 4 aromatic rings. The topological polar surface area (TPSA) is 88.3 Å². The first-order chi connectivity index (χ1) is 19.0. The molecule has 4 rings (SSSR count). The Bertz CT molecular complexity index is 1650. The summed E-state index contributed by atoms with van der Waals surface area (Å²) in [5.74, 6) is -2.40. The van der Waals surface area contributed by atoms with Crippen LogP contribution in [0.5, 0.6) is 5.75 Å². The van der Waals surface area contributed by atoms with E-state index in [-0.39, 0.29) is 22.6 Å². The molecule has 0 amide bonds. The van der Waals surface area contributed by atoms with Crippen molar-refractivity contribution >= 4 is 0 Å². The second-order valence-corrected chi connectivity index (χ2v) is 8.91. The van der Waals surface area contributed by atoms with Crippen LogP contribution in [0.2, 0.25) is 0 Å². The van der Waals surface area contributed by atoms with Gasteiger partial charge in [0.15, 0.2) is 11.6 Å². The summed E-state index contributed by atoms with van der Waals surface area (Å²) in [4.78, 5) is 27.3. The molecule has 0 radical (unpaired) electrons. The third-order valence-electron chi connectivity index (χ3n) is 6.59. The fraction of sp³-hybridized carbons (Fsp3) is 0.214. The fourth-order valence-corrected chi connectivity index (χ4v) is 4.54. The van der Waals surface area contributed by atoms with Gasteiger partial charge in [-0.15, -0.1) is 0 Å². The van der Waals surface area contributed by atoms with E-state index in [2.05, 4.69) is 0 Å². The Morgan fingerprint density at radius 3 is 2.25 bits per heavy atom. The summed E-state index contributed by atoms with van der Waals surface area (Å²) >= 11 is 0. The van der Waals surface area contributed by atoms with Crippen LogP contribution in [0, 0.1) is 23.8 Å². The molecule has 0 fully saturated rings. The SMILES string of the molecule is COc1cccc(-c2c(C)n(Cc3c(F)cccc3C(F)(F)F)c(=O)n(C[C@H](N[O-])c3ccccc3)c2=O)c1F. The molecule has 1 N–H and O–H groups in total. The molecule has 40 heavy (non-hydrogen) atoms. The van der Waals surface area contributed by atoms with Gasteiger partial charge in [0.1, 0.15) is 5.82 Å². The normalized spacial score (nSPS) is 12.4. The summed E-state index contributed by atoms with van der Waals surface area (Å²) in [6, 6.07) is 13.3. The molecule has 0 bridgehead atoms. The maximum Gasteiger partial charge on any atom is 0.416 e. The fourth-order valence-electron chi connectivity index (χ4n) is 4.54. The molecule has 210 valence electrons. The number of halogens is 5. The average molecular weight is 560 g/mol. The van der Waals surface area contributed by atoms with E-state index in [4.69, 9.17) is 4.74 Å². The van der Waals surface area contributed by atoms with E-state index in [9.17, 15) is 32.4 Å². The molecule has 7 nitrogen and oxygen atoms in total. The summed E-state index contributed by atoms with van der Waals surface area (Å²) in [6.45, 7) is -0.227. The van der Waals surface area contributed by atoms with Crippen LogP contribution in [0.25, 0.3) is 11.1 Å². The Hall–Kier alpha value is -4.29. The zero-order valence-electron chi connectivity index (χ0n) is 21.3. The minimum atomic E-state index is -4.95. The molecule has 1 atom stereocenters. The largest absolute Gasteiger partial charge is 0.787 e. The lowest BCUT2D eigenvalue weighted by Gasteiger charge is -2.25. The second-order valence-electron chi connectivity index (χ2n) is 8.91. The number of hydrogen-bond acceptors (Lipinski definition) is 5. The minimum absolute atomic E-state index is 0.207. The predicted octanol–water partition coefficient (Wildman–Crippen LogP) is 5.17. The van der Waals surface area contributed by atoms with Gasteiger partial charge in [0.05, 0.1) is 24.8 Å². The van der Waals surface area contributed by atoms with Gasteiger partial charge < -0.3 is 15.4 Å². The summed E-state index contributed by atoms with van der Waals surface area (Å²) < 4.78 is 77.7. The van der Waals surface area contributed by atoms with Crippen LogP contribution in [-0.4, -0.2) is 16.2 Å². The van der Waals surface area contributed by atoms with Crippen LogP contribution in [0.15, 0.2) is 76.3 Å². The van der Waals surface area contributed by atoms with E-state index in [0.29, 0.717) is 16.2 Å². The zero-order chi connectivity index (χ0) is 29.2. The molecule has 0 unspecified atom stereocenters. The lowest BCUT2D eigenvalue weighted by atomic mass is 10.0. The van der Waals surface area contributed by atoms with E-state index >= 15 is 4.39 Å². The van der Waals surface area contributed by atoms with Gasteiger partial charge in [0.25, 0.3) is 5.56 Å². The summed E-state index contributed by atoms with van der Waals surface area (Å²) in [7, 11) is 1.20. The Balaban J connectivity index is 2.02. The monoisotopic (exact) mass is 560 g/mol. The molecule has 12 heteroatoms. The zero-order valence-corrected chi connectivity index (χ0v) is 21.3. The van der Waals surface area contributed by atoms with Crippen LogP contribution in [0.4, 0.5) is 22.0 Å². The third-order valence-corrected chi connectivity index (χ3v) is 6.59. The Labute approximate surface area is 224 Å². The standard InChI is InChI=1S/C28H23F5N3O4/c1-16-24(18-10-6-13-23(40-2)25(18)30)26(37)36(15-22(34-39)17-8-4-3-5-9-17)27(38)35(16)14-19-20(28(31,32)33)11-7-12-21(19)29/h3-13,22,34H,14-15H2,1-2H3/q-1/t22-/m0/s1. The number of hydrogen-bond donors (Lipinski definition) is 1. The minimum Gasteiger partial charge on any atom is -0.787 e.